The summed E-state index contributed by atoms with van der Waals surface area (Å²) in [5, 5.41) is 9.31. The molecule has 0 spiro atoms. The second-order valence-corrected chi connectivity index (χ2v) is 4.40. The maximum Gasteiger partial charge on any atom is 0.314 e. The van der Waals surface area contributed by atoms with Crippen LogP contribution in [0.3, 0.4) is 0 Å². The van der Waals surface area contributed by atoms with Gasteiger partial charge in [-0.2, -0.15) is 0 Å². The molecule has 1 aromatic carbocycles. The second kappa shape index (κ2) is 4.48. The van der Waals surface area contributed by atoms with Gasteiger partial charge < -0.3 is 14.6 Å². The molecule has 5 heteroatoms. The van der Waals surface area contributed by atoms with Crippen molar-refractivity contribution in [1.29, 1.82) is 0 Å². The maximum absolute atomic E-state index is 14.3. The van der Waals surface area contributed by atoms with Crippen LogP contribution in [0.4, 0.5) is 4.39 Å². The molecule has 1 fully saturated rings. The molecule has 1 aromatic rings. The topological polar surface area (TPSA) is 55.8 Å². The lowest BCUT2D eigenvalue weighted by Crippen LogP contribution is -2.43. The van der Waals surface area contributed by atoms with Crippen molar-refractivity contribution in [2.45, 2.75) is 24.7 Å². The van der Waals surface area contributed by atoms with E-state index in [1.165, 1.54) is 20.3 Å². The molecule has 1 aliphatic carbocycles. The van der Waals surface area contributed by atoms with Crippen LogP contribution in [0.15, 0.2) is 12.1 Å². The molecule has 4 nitrogen and oxygen atoms in total. The van der Waals surface area contributed by atoms with Gasteiger partial charge >= 0.3 is 5.97 Å². The fourth-order valence-electron chi connectivity index (χ4n) is 2.39. The Morgan fingerprint density at radius 1 is 1.33 bits per heavy atom. The maximum atomic E-state index is 14.3. The third kappa shape index (κ3) is 1.62. The highest BCUT2D eigenvalue weighted by Gasteiger charge is 2.48. The minimum Gasteiger partial charge on any atom is -0.493 e. The molecule has 0 atom stereocenters. The van der Waals surface area contributed by atoms with Gasteiger partial charge in [-0.1, -0.05) is 12.5 Å². The fraction of sp³-hybridized carbons (Fsp3) is 0.462. The van der Waals surface area contributed by atoms with E-state index in [-0.39, 0.29) is 17.1 Å². The number of hydrogen-bond donors (Lipinski definition) is 1. The zero-order valence-corrected chi connectivity index (χ0v) is 10.3. The van der Waals surface area contributed by atoms with Gasteiger partial charge in [0.05, 0.1) is 19.6 Å². The van der Waals surface area contributed by atoms with Crippen molar-refractivity contribution in [3.05, 3.63) is 23.5 Å². The van der Waals surface area contributed by atoms with Crippen LogP contribution in [-0.4, -0.2) is 25.3 Å². The molecular weight excluding hydrogens is 239 g/mol. The Hall–Kier alpha value is -1.78. The molecule has 0 unspecified atom stereocenters. The number of carbonyl (C=O) groups is 1. The van der Waals surface area contributed by atoms with Crippen molar-refractivity contribution >= 4 is 5.97 Å². The van der Waals surface area contributed by atoms with Crippen molar-refractivity contribution in [2.24, 2.45) is 0 Å². The Bertz CT molecular complexity index is 480. The van der Waals surface area contributed by atoms with Gasteiger partial charge in [-0.15, -0.1) is 0 Å². The molecule has 0 bridgehead atoms. The van der Waals surface area contributed by atoms with Gasteiger partial charge in [-0.3, -0.25) is 4.79 Å². The number of hydrogen-bond acceptors (Lipinski definition) is 3. The van der Waals surface area contributed by atoms with Crippen molar-refractivity contribution in [1.82, 2.24) is 0 Å². The van der Waals surface area contributed by atoms with Gasteiger partial charge in [0.2, 0.25) is 0 Å². The van der Waals surface area contributed by atoms with Gasteiger partial charge in [0.1, 0.15) is 0 Å². The van der Waals surface area contributed by atoms with E-state index in [4.69, 9.17) is 9.47 Å². The SMILES string of the molecule is COc1ccc(C2(C(=O)O)CCC2)c(F)c1OC. The average Bonchev–Trinajstić information content (AvgIpc) is 2.28. The molecular formula is C13H15FO4. The first-order valence-corrected chi connectivity index (χ1v) is 5.71. The summed E-state index contributed by atoms with van der Waals surface area (Å²) in [4.78, 5) is 11.4. The van der Waals surface area contributed by atoms with E-state index in [0.29, 0.717) is 12.8 Å². The molecule has 1 N–H and O–H groups in total. The number of carboxylic acids is 1. The summed E-state index contributed by atoms with van der Waals surface area (Å²) in [6.45, 7) is 0. The van der Waals surface area contributed by atoms with E-state index in [2.05, 4.69) is 0 Å². The van der Waals surface area contributed by atoms with E-state index in [1.54, 1.807) is 6.07 Å². The van der Waals surface area contributed by atoms with Crippen molar-refractivity contribution in [3.63, 3.8) is 0 Å². The first-order valence-electron chi connectivity index (χ1n) is 5.71. The van der Waals surface area contributed by atoms with Crippen LogP contribution in [0.25, 0.3) is 0 Å². The van der Waals surface area contributed by atoms with Gasteiger partial charge in [-0.25, -0.2) is 4.39 Å². The van der Waals surface area contributed by atoms with Gasteiger partial charge in [-0.05, 0) is 18.9 Å². The largest absolute Gasteiger partial charge is 0.493 e. The predicted octanol–water partition coefficient (Wildman–Crippen LogP) is 2.35. The standard InChI is InChI=1S/C13H15FO4/c1-17-9-5-4-8(10(14)11(9)18-2)13(12(15)16)6-3-7-13/h4-5H,3,6-7H2,1-2H3,(H,15,16). The number of benzene rings is 1. The molecule has 98 valence electrons. The zero-order chi connectivity index (χ0) is 13.3. The molecule has 1 aliphatic rings. The summed E-state index contributed by atoms with van der Waals surface area (Å²) in [7, 11) is 2.74. The van der Waals surface area contributed by atoms with Gasteiger partial charge in [0, 0.05) is 5.56 Å². The van der Waals surface area contributed by atoms with Crippen molar-refractivity contribution < 1.29 is 23.8 Å². The molecule has 0 aliphatic heterocycles. The van der Waals surface area contributed by atoms with E-state index in [0.717, 1.165) is 6.42 Å². The minimum atomic E-state index is -1.11. The third-order valence-electron chi connectivity index (χ3n) is 3.62. The zero-order valence-electron chi connectivity index (χ0n) is 10.3. The van der Waals surface area contributed by atoms with Crippen LogP contribution < -0.4 is 9.47 Å². The number of aliphatic carboxylic acids is 1. The number of ether oxygens (including phenoxy) is 2. The molecule has 0 saturated heterocycles. The van der Waals surface area contributed by atoms with E-state index >= 15 is 0 Å². The lowest BCUT2D eigenvalue weighted by molar-refractivity contribution is -0.147. The normalized spacial score (nSPS) is 16.8. The van der Waals surface area contributed by atoms with Crippen LogP contribution in [0.2, 0.25) is 0 Å². The smallest absolute Gasteiger partial charge is 0.314 e. The first-order chi connectivity index (χ1) is 8.56. The summed E-state index contributed by atoms with van der Waals surface area (Å²) in [5.74, 6) is -1.40. The quantitative estimate of drug-likeness (QED) is 0.896. The molecule has 0 heterocycles. The van der Waals surface area contributed by atoms with Crippen LogP contribution in [0.5, 0.6) is 11.5 Å². The molecule has 18 heavy (non-hydrogen) atoms. The first kappa shape index (κ1) is 12.7. The average molecular weight is 254 g/mol. The second-order valence-electron chi connectivity index (χ2n) is 4.40. The molecule has 0 amide bonds. The Morgan fingerprint density at radius 2 is 2.00 bits per heavy atom. The molecule has 2 rings (SSSR count). The molecule has 0 aromatic heterocycles. The van der Waals surface area contributed by atoms with Crippen molar-refractivity contribution in [2.75, 3.05) is 14.2 Å². The van der Waals surface area contributed by atoms with Crippen LogP contribution in [-0.2, 0) is 10.2 Å². The van der Waals surface area contributed by atoms with Crippen LogP contribution >= 0.6 is 0 Å². The number of methoxy groups -OCH3 is 2. The third-order valence-corrected chi connectivity index (χ3v) is 3.62. The lowest BCUT2D eigenvalue weighted by atomic mass is 9.64. The number of carboxylic acid groups (broad SMARTS) is 1. The fourth-order valence-corrected chi connectivity index (χ4v) is 2.39. The minimum absolute atomic E-state index is 0.0393. The summed E-state index contributed by atoms with van der Waals surface area (Å²) in [6.07, 6.45) is 1.70. The van der Waals surface area contributed by atoms with Gasteiger partial charge in [0.25, 0.3) is 0 Å². The number of rotatable bonds is 4. The summed E-state index contributed by atoms with van der Waals surface area (Å²) in [6, 6.07) is 3.02. The van der Waals surface area contributed by atoms with Gasteiger partial charge in [0.15, 0.2) is 17.3 Å². The Morgan fingerprint density at radius 3 is 2.39 bits per heavy atom. The van der Waals surface area contributed by atoms with E-state index < -0.39 is 17.2 Å². The molecule has 1 saturated carbocycles. The Kier molecular flexibility index (Phi) is 3.15. The summed E-state index contributed by atoms with van der Waals surface area (Å²) in [5.41, 5.74) is -0.928. The highest BCUT2D eigenvalue weighted by atomic mass is 19.1. The highest BCUT2D eigenvalue weighted by Crippen LogP contribution is 2.47. The predicted molar refractivity (Wildman–Crippen MR) is 62.7 cm³/mol. The highest BCUT2D eigenvalue weighted by molar-refractivity contribution is 5.83. The monoisotopic (exact) mass is 254 g/mol. The van der Waals surface area contributed by atoms with Crippen molar-refractivity contribution in [3.8, 4) is 11.5 Å². The Labute approximate surface area is 104 Å². The number of halogens is 1. The van der Waals surface area contributed by atoms with Crippen LogP contribution in [0.1, 0.15) is 24.8 Å². The lowest BCUT2D eigenvalue weighted by Gasteiger charge is -2.38. The summed E-state index contributed by atoms with van der Waals surface area (Å²) >= 11 is 0. The van der Waals surface area contributed by atoms with E-state index in [1.807, 2.05) is 0 Å². The molecule has 0 radical (unpaired) electrons. The van der Waals surface area contributed by atoms with E-state index in [9.17, 15) is 14.3 Å². The summed E-state index contributed by atoms with van der Waals surface area (Å²) < 4.78 is 24.3. The Balaban J connectivity index is 2.55. The van der Waals surface area contributed by atoms with Crippen LogP contribution in [0, 0.1) is 5.82 Å².